The third-order valence-corrected chi connectivity index (χ3v) is 4.48. The molecule has 0 unspecified atom stereocenters. The maximum Gasteiger partial charge on any atom is 0.122 e. The van der Waals surface area contributed by atoms with E-state index in [2.05, 4.69) is 6.07 Å². The van der Waals surface area contributed by atoms with Crippen molar-refractivity contribution in [3.63, 3.8) is 0 Å². The predicted octanol–water partition coefficient (Wildman–Crippen LogP) is 3.72. The van der Waals surface area contributed by atoms with Crippen molar-refractivity contribution >= 4 is 5.76 Å². The van der Waals surface area contributed by atoms with Gasteiger partial charge in [0, 0.05) is 39.8 Å². The fraction of sp³-hybridized carbons (Fsp3) is 0.529. The zero-order valence-corrected chi connectivity index (χ0v) is 14.6. The first kappa shape index (κ1) is 16.6. The van der Waals surface area contributed by atoms with Crippen molar-refractivity contribution in [1.82, 2.24) is 0 Å². The predicted molar refractivity (Wildman–Crippen MR) is 79.0 cm³/mol. The van der Waals surface area contributed by atoms with Gasteiger partial charge in [0.15, 0.2) is 0 Å². The van der Waals surface area contributed by atoms with Crippen LogP contribution in [0.4, 0.5) is 0 Å². The fourth-order valence-corrected chi connectivity index (χ4v) is 3.34. The molecule has 0 saturated carbocycles. The van der Waals surface area contributed by atoms with Gasteiger partial charge in [0.05, 0.1) is 7.11 Å². The number of aliphatic hydroxyl groups is 1. The normalized spacial score (nSPS) is 19.5. The van der Waals surface area contributed by atoms with Gasteiger partial charge in [-0.1, -0.05) is 0 Å². The van der Waals surface area contributed by atoms with Crippen LogP contribution in [-0.4, -0.2) is 25.4 Å². The molecule has 1 fully saturated rings. The van der Waals surface area contributed by atoms with Crippen molar-refractivity contribution in [2.24, 2.45) is 5.92 Å². The summed E-state index contributed by atoms with van der Waals surface area (Å²) in [6.45, 7) is 1.63. The van der Waals surface area contributed by atoms with Crippen LogP contribution in [0.2, 0.25) is 0 Å². The summed E-state index contributed by atoms with van der Waals surface area (Å²) >= 11 is 0. The molecule has 1 heterocycles. The number of benzene rings is 1. The van der Waals surface area contributed by atoms with Gasteiger partial charge in [-0.15, -0.1) is 0 Å². The van der Waals surface area contributed by atoms with E-state index >= 15 is 0 Å². The Morgan fingerprint density at radius 1 is 1.19 bits per heavy atom. The monoisotopic (exact) mass is 469 g/mol. The summed E-state index contributed by atoms with van der Waals surface area (Å²) in [5.41, 5.74) is 3.42. The van der Waals surface area contributed by atoms with Gasteiger partial charge in [-0.3, -0.25) is 0 Å². The Balaban J connectivity index is 0.00000161. The Morgan fingerprint density at radius 3 is 2.67 bits per heavy atom. The van der Waals surface area contributed by atoms with Crippen LogP contribution in [0.1, 0.15) is 36.8 Å². The maximum absolute atomic E-state index is 10.7. The van der Waals surface area contributed by atoms with E-state index in [1.807, 2.05) is 12.1 Å². The van der Waals surface area contributed by atoms with Crippen LogP contribution in [0, 0.1) is 5.92 Å². The van der Waals surface area contributed by atoms with Crippen molar-refractivity contribution < 1.29 is 35.6 Å². The second-order valence-corrected chi connectivity index (χ2v) is 5.64. The molecule has 0 atom stereocenters. The van der Waals surface area contributed by atoms with Gasteiger partial charge in [-0.05, 0) is 67.4 Å². The molecule has 3 nitrogen and oxygen atoms in total. The molecular formula is C17H22O3Pt. The third kappa shape index (κ3) is 3.52. The Morgan fingerprint density at radius 2 is 1.95 bits per heavy atom. The van der Waals surface area contributed by atoms with Gasteiger partial charge in [0.2, 0.25) is 0 Å². The first-order valence-electron chi connectivity index (χ1n) is 7.46. The molecule has 0 bridgehead atoms. The van der Waals surface area contributed by atoms with Crippen LogP contribution in [0.15, 0.2) is 23.8 Å². The molecule has 1 N–H and O–H groups in total. The summed E-state index contributed by atoms with van der Waals surface area (Å²) < 4.78 is 10.7. The molecule has 1 aromatic rings. The van der Waals surface area contributed by atoms with Gasteiger partial charge >= 0.3 is 0 Å². The molecule has 4 heteroatoms. The Hall–Kier alpha value is -0.792. The summed E-state index contributed by atoms with van der Waals surface area (Å²) in [4.78, 5) is 0. The largest absolute Gasteiger partial charge is 0.507 e. The van der Waals surface area contributed by atoms with E-state index < -0.39 is 0 Å². The minimum absolute atomic E-state index is 0. The fourth-order valence-electron chi connectivity index (χ4n) is 3.34. The van der Waals surface area contributed by atoms with Crippen LogP contribution in [0.3, 0.4) is 0 Å². The molecule has 3 rings (SSSR count). The van der Waals surface area contributed by atoms with E-state index in [-0.39, 0.29) is 21.1 Å². The summed E-state index contributed by atoms with van der Waals surface area (Å²) in [6.07, 6.45) is 5.16. The number of allylic oxidation sites excluding steroid dienone is 1. The van der Waals surface area contributed by atoms with Crippen LogP contribution in [-0.2, 0) is 32.2 Å². The zero-order chi connectivity index (χ0) is 13.9. The topological polar surface area (TPSA) is 38.7 Å². The Bertz CT molecular complexity index is 519. The summed E-state index contributed by atoms with van der Waals surface area (Å²) in [7, 11) is 1.68. The number of ether oxygens (including phenoxy) is 2. The molecule has 1 aliphatic carbocycles. The molecule has 21 heavy (non-hydrogen) atoms. The average molecular weight is 469 g/mol. The van der Waals surface area contributed by atoms with Crippen molar-refractivity contribution in [1.29, 1.82) is 0 Å². The van der Waals surface area contributed by atoms with E-state index in [9.17, 15) is 5.11 Å². The zero-order valence-electron chi connectivity index (χ0n) is 12.3. The molecular weight excluding hydrogens is 447 g/mol. The molecule has 0 spiro atoms. The Labute approximate surface area is 140 Å². The second kappa shape index (κ2) is 7.46. The molecule has 0 amide bonds. The standard InChI is InChI=1S/C17H22O3.Pt/c1-19-14-5-6-16-13(11-14)3-2-4-15(17(16)18)12-7-9-20-10-8-12;/h5-6,11-12,18H,2-4,7-10H2,1H3;. The summed E-state index contributed by atoms with van der Waals surface area (Å²) in [5.74, 6) is 1.86. The van der Waals surface area contributed by atoms with E-state index in [4.69, 9.17) is 9.47 Å². The van der Waals surface area contributed by atoms with Crippen LogP contribution in [0.5, 0.6) is 5.75 Å². The van der Waals surface area contributed by atoms with Crippen molar-refractivity contribution in [3.05, 3.63) is 34.9 Å². The van der Waals surface area contributed by atoms with Crippen molar-refractivity contribution in [2.45, 2.75) is 32.1 Å². The number of aryl methyl sites for hydroxylation is 1. The molecule has 1 aliphatic heterocycles. The number of methoxy groups -OCH3 is 1. The first-order chi connectivity index (χ1) is 9.79. The van der Waals surface area contributed by atoms with Gasteiger partial charge in [0.25, 0.3) is 0 Å². The third-order valence-electron chi connectivity index (χ3n) is 4.48. The molecule has 0 aromatic heterocycles. The minimum Gasteiger partial charge on any atom is -0.507 e. The van der Waals surface area contributed by atoms with E-state index in [1.165, 1.54) is 11.1 Å². The summed E-state index contributed by atoms with van der Waals surface area (Å²) in [5, 5.41) is 10.7. The van der Waals surface area contributed by atoms with Gasteiger partial charge < -0.3 is 14.6 Å². The number of hydrogen-bond donors (Lipinski definition) is 1. The number of aliphatic hydroxyl groups excluding tert-OH is 1. The first-order valence-corrected chi connectivity index (χ1v) is 7.46. The van der Waals surface area contributed by atoms with Gasteiger partial charge in [-0.25, -0.2) is 0 Å². The number of hydrogen-bond acceptors (Lipinski definition) is 3. The van der Waals surface area contributed by atoms with Crippen LogP contribution < -0.4 is 4.74 Å². The average Bonchev–Trinajstić information content (AvgIpc) is 2.67. The number of fused-ring (bicyclic) bond motifs is 1. The Kier molecular flexibility index (Phi) is 5.89. The minimum atomic E-state index is 0. The maximum atomic E-state index is 10.7. The van der Waals surface area contributed by atoms with Gasteiger partial charge in [-0.2, -0.15) is 0 Å². The molecule has 2 aliphatic rings. The molecule has 1 saturated heterocycles. The molecule has 1 aromatic carbocycles. The van der Waals surface area contributed by atoms with Crippen LogP contribution >= 0.6 is 0 Å². The van der Waals surface area contributed by atoms with Crippen molar-refractivity contribution in [2.75, 3.05) is 20.3 Å². The van der Waals surface area contributed by atoms with E-state index in [0.717, 1.165) is 56.6 Å². The second-order valence-electron chi connectivity index (χ2n) is 5.64. The van der Waals surface area contributed by atoms with Crippen molar-refractivity contribution in [3.8, 4) is 5.75 Å². The summed E-state index contributed by atoms with van der Waals surface area (Å²) in [6, 6.07) is 5.98. The quantitative estimate of drug-likeness (QED) is 0.718. The SMILES string of the molecule is COc1ccc2c(c1)CCCC(C1CCOCC1)=C2O.[Pt]. The number of rotatable bonds is 2. The smallest absolute Gasteiger partial charge is 0.122 e. The molecule has 118 valence electrons. The van der Waals surface area contributed by atoms with E-state index in [0.29, 0.717) is 11.7 Å². The molecule has 0 radical (unpaired) electrons. The van der Waals surface area contributed by atoms with Crippen LogP contribution in [0.25, 0.3) is 5.76 Å². The van der Waals surface area contributed by atoms with E-state index in [1.54, 1.807) is 7.11 Å². The van der Waals surface area contributed by atoms with Gasteiger partial charge in [0.1, 0.15) is 11.5 Å².